The Kier molecular flexibility index (Phi) is 5.61. The average Bonchev–Trinajstić information content (AvgIpc) is 3.18. The molecular weight excluding hydrogens is 408 g/mol. The standard InChI is InChI=1S/C25H23ClN4O/c1-15-7-5-8-19(13-15)24-28-23(25(31)27-21-14-16(2)11-12-17(21)3)29-30(24)22-10-6-9-20(26)18(22)4/h5-14H,1-4H3,(H,27,31). The van der Waals surface area contributed by atoms with E-state index in [9.17, 15) is 4.79 Å². The zero-order valence-electron chi connectivity index (χ0n) is 17.9. The molecule has 1 amide bonds. The highest BCUT2D eigenvalue weighted by atomic mass is 35.5. The van der Waals surface area contributed by atoms with Gasteiger partial charge in [0.25, 0.3) is 5.91 Å². The minimum atomic E-state index is -0.360. The Bertz CT molecular complexity index is 1290. The maximum atomic E-state index is 13.0. The highest BCUT2D eigenvalue weighted by Gasteiger charge is 2.21. The molecule has 0 aliphatic carbocycles. The lowest BCUT2D eigenvalue weighted by molar-refractivity contribution is 0.101. The molecule has 4 aromatic rings. The fraction of sp³-hybridized carbons (Fsp3) is 0.160. The zero-order valence-corrected chi connectivity index (χ0v) is 18.7. The molecule has 5 nitrogen and oxygen atoms in total. The Balaban J connectivity index is 1.82. The van der Waals surface area contributed by atoms with Crippen LogP contribution in [0.2, 0.25) is 5.02 Å². The summed E-state index contributed by atoms with van der Waals surface area (Å²) in [5.41, 5.74) is 6.40. The maximum absolute atomic E-state index is 13.0. The second-order valence-corrected chi connectivity index (χ2v) is 8.10. The number of carbonyl (C=O) groups excluding carboxylic acids is 1. The van der Waals surface area contributed by atoms with Crippen LogP contribution in [0.1, 0.15) is 32.9 Å². The summed E-state index contributed by atoms with van der Waals surface area (Å²) in [6.45, 7) is 7.88. The van der Waals surface area contributed by atoms with Crippen molar-refractivity contribution in [2.45, 2.75) is 27.7 Å². The van der Waals surface area contributed by atoms with Crippen molar-refractivity contribution in [1.82, 2.24) is 14.8 Å². The van der Waals surface area contributed by atoms with Gasteiger partial charge in [0.1, 0.15) is 0 Å². The lowest BCUT2D eigenvalue weighted by Gasteiger charge is -2.10. The van der Waals surface area contributed by atoms with E-state index >= 15 is 0 Å². The van der Waals surface area contributed by atoms with E-state index in [0.29, 0.717) is 10.8 Å². The lowest BCUT2D eigenvalue weighted by atomic mass is 10.1. The van der Waals surface area contributed by atoms with Gasteiger partial charge in [-0.15, -0.1) is 5.10 Å². The van der Waals surface area contributed by atoms with E-state index in [0.717, 1.165) is 39.2 Å². The van der Waals surface area contributed by atoms with Gasteiger partial charge >= 0.3 is 0 Å². The summed E-state index contributed by atoms with van der Waals surface area (Å²) in [6, 6.07) is 19.5. The molecule has 0 spiro atoms. The topological polar surface area (TPSA) is 59.8 Å². The van der Waals surface area contributed by atoms with Crippen LogP contribution in [-0.2, 0) is 0 Å². The van der Waals surface area contributed by atoms with Gasteiger partial charge in [-0.25, -0.2) is 9.67 Å². The van der Waals surface area contributed by atoms with Crippen molar-refractivity contribution in [3.63, 3.8) is 0 Å². The molecule has 0 aliphatic rings. The van der Waals surface area contributed by atoms with Crippen LogP contribution in [0, 0.1) is 27.7 Å². The first-order valence-corrected chi connectivity index (χ1v) is 10.4. The van der Waals surface area contributed by atoms with E-state index in [-0.39, 0.29) is 11.7 Å². The molecule has 156 valence electrons. The number of nitrogens with zero attached hydrogens (tertiary/aromatic N) is 3. The van der Waals surface area contributed by atoms with Crippen molar-refractivity contribution >= 4 is 23.2 Å². The van der Waals surface area contributed by atoms with Crippen molar-refractivity contribution in [3.8, 4) is 17.1 Å². The Morgan fingerprint density at radius 3 is 2.45 bits per heavy atom. The molecule has 0 saturated heterocycles. The Morgan fingerprint density at radius 2 is 1.68 bits per heavy atom. The molecule has 6 heteroatoms. The van der Waals surface area contributed by atoms with Crippen LogP contribution in [0.15, 0.2) is 60.7 Å². The molecule has 3 aromatic carbocycles. The Morgan fingerprint density at radius 1 is 0.935 bits per heavy atom. The van der Waals surface area contributed by atoms with E-state index in [2.05, 4.69) is 15.4 Å². The Labute approximate surface area is 186 Å². The van der Waals surface area contributed by atoms with Gasteiger partial charge in [0.2, 0.25) is 5.82 Å². The second-order valence-electron chi connectivity index (χ2n) is 7.70. The molecule has 0 fully saturated rings. The predicted octanol–water partition coefficient (Wildman–Crippen LogP) is 6.07. The molecule has 0 unspecified atom stereocenters. The number of rotatable bonds is 4. The first kappa shape index (κ1) is 20.8. The molecule has 1 N–H and O–H groups in total. The second kappa shape index (κ2) is 8.36. The van der Waals surface area contributed by atoms with E-state index in [1.807, 2.05) is 88.4 Å². The van der Waals surface area contributed by atoms with Gasteiger partial charge in [0.05, 0.1) is 5.69 Å². The number of aromatic nitrogens is 3. The lowest BCUT2D eigenvalue weighted by Crippen LogP contribution is -2.15. The average molecular weight is 431 g/mol. The van der Waals surface area contributed by atoms with Gasteiger partial charge in [0, 0.05) is 16.3 Å². The van der Waals surface area contributed by atoms with E-state index in [1.54, 1.807) is 4.68 Å². The molecule has 4 rings (SSSR count). The maximum Gasteiger partial charge on any atom is 0.295 e. The van der Waals surface area contributed by atoms with Crippen LogP contribution in [0.5, 0.6) is 0 Å². The van der Waals surface area contributed by atoms with Gasteiger partial charge < -0.3 is 5.32 Å². The van der Waals surface area contributed by atoms with Gasteiger partial charge in [-0.1, -0.05) is 53.6 Å². The fourth-order valence-corrected chi connectivity index (χ4v) is 3.59. The van der Waals surface area contributed by atoms with Gasteiger partial charge in [0.15, 0.2) is 5.82 Å². The van der Waals surface area contributed by atoms with Crippen molar-refractivity contribution in [2.24, 2.45) is 0 Å². The molecule has 0 atom stereocenters. The molecular formula is C25H23ClN4O. The van der Waals surface area contributed by atoms with Crippen molar-refractivity contribution in [2.75, 3.05) is 5.32 Å². The number of hydrogen-bond acceptors (Lipinski definition) is 3. The fourth-order valence-electron chi connectivity index (χ4n) is 3.42. The third-order valence-electron chi connectivity index (χ3n) is 5.20. The summed E-state index contributed by atoms with van der Waals surface area (Å²) >= 11 is 6.36. The van der Waals surface area contributed by atoms with Crippen molar-refractivity contribution < 1.29 is 4.79 Å². The van der Waals surface area contributed by atoms with E-state index in [1.165, 1.54) is 0 Å². The molecule has 31 heavy (non-hydrogen) atoms. The smallest absolute Gasteiger partial charge is 0.295 e. The van der Waals surface area contributed by atoms with E-state index in [4.69, 9.17) is 11.6 Å². The molecule has 0 saturated carbocycles. The molecule has 1 aromatic heterocycles. The van der Waals surface area contributed by atoms with Crippen LogP contribution >= 0.6 is 11.6 Å². The molecule has 0 aliphatic heterocycles. The van der Waals surface area contributed by atoms with Gasteiger partial charge in [-0.05, 0) is 68.7 Å². The number of anilines is 1. The minimum Gasteiger partial charge on any atom is -0.319 e. The van der Waals surface area contributed by atoms with E-state index < -0.39 is 0 Å². The zero-order chi connectivity index (χ0) is 22.1. The van der Waals surface area contributed by atoms with Crippen LogP contribution < -0.4 is 5.32 Å². The normalized spacial score (nSPS) is 10.9. The first-order chi connectivity index (χ1) is 14.8. The van der Waals surface area contributed by atoms with Crippen LogP contribution in [-0.4, -0.2) is 20.7 Å². The third-order valence-corrected chi connectivity index (χ3v) is 5.60. The number of aryl methyl sites for hydroxylation is 3. The largest absolute Gasteiger partial charge is 0.319 e. The van der Waals surface area contributed by atoms with Gasteiger partial charge in [-0.2, -0.15) is 0 Å². The summed E-state index contributed by atoms with van der Waals surface area (Å²) in [7, 11) is 0. The summed E-state index contributed by atoms with van der Waals surface area (Å²) in [5.74, 6) is 0.318. The summed E-state index contributed by atoms with van der Waals surface area (Å²) in [4.78, 5) is 17.7. The number of carbonyl (C=O) groups is 1. The molecule has 0 radical (unpaired) electrons. The number of hydrogen-bond donors (Lipinski definition) is 1. The molecule has 1 heterocycles. The van der Waals surface area contributed by atoms with Crippen molar-refractivity contribution in [1.29, 1.82) is 0 Å². The highest BCUT2D eigenvalue weighted by Crippen LogP contribution is 2.27. The monoisotopic (exact) mass is 430 g/mol. The minimum absolute atomic E-state index is 0.0942. The molecule has 0 bridgehead atoms. The number of halogens is 1. The Hall–Kier alpha value is -3.44. The predicted molar refractivity (Wildman–Crippen MR) is 125 cm³/mol. The number of amides is 1. The summed E-state index contributed by atoms with van der Waals surface area (Å²) in [6.07, 6.45) is 0. The third kappa shape index (κ3) is 4.23. The van der Waals surface area contributed by atoms with Crippen LogP contribution in [0.4, 0.5) is 5.69 Å². The SMILES string of the molecule is Cc1cccc(-c2nc(C(=O)Nc3cc(C)ccc3C)nn2-c2cccc(Cl)c2C)c1. The number of benzene rings is 3. The highest BCUT2D eigenvalue weighted by molar-refractivity contribution is 6.31. The number of nitrogens with one attached hydrogen (secondary N) is 1. The first-order valence-electron chi connectivity index (χ1n) is 10.0. The summed E-state index contributed by atoms with van der Waals surface area (Å²) in [5, 5.41) is 8.15. The van der Waals surface area contributed by atoms with Crippen molar-refractivity contribution in [3.05, 3.63) is 93.8 Å². The van der Waals surface area contributed by atoms with Gasteiger partial charge in [-0.3, -0.25) is 4.79 Å². The van der Waals surface area contributed by atoms with Crippen LogP contribution in [0.3, 0.4) is 0 Å². The quantitative estimate of drug-likeness (QED) is 0.427. The summed E-state index contributed by atoms with van der Waals surface area (Å²) < 4.78 is 1.69. The van der Waals surface area contributed by atoms with Crippen LogP contribution in [0.25, 0.3) is 17.1 Å².